The zero-order chi connectivity index (χ0) is 24.2. The van der Waals surface area contributed by atoms with Gasteiger partial charge in [-0.05, 0) is 6.42 Å². The van der Waals surface area contributed by atoms with Crippen LogP contribution >= 0.6 is 0 Å². The van der Waals surface area contributed by atoms with E-state index >= 15 is 0 Å². The predicted octanol–water partition coefficient (Wildman–Crippen LogP) is 2.75. The SMILES string of the molecule is CCCCCCCCCCCCCCCCCC(=O)OC(=O)[C@H](O)[C@@H](O)[C@H](O)[C@H](O)CO. The summed E-state index contributed by atoms with van der Waals surface area (Å²) in [5, 5.41) is 46.6. The molecule has 0 amide bonds. The number of carbonyl (C=O) groups is 2. The van der Waals surface area contributed by atoms with Crippen LogP contribution in [0.25, 0.3) is 0 Å². The highest BCUT2D eigenvalue weighted by Gasteiger charge is 2.35. The molecule has 0 spiro atoms. The number of hydrogen-bond acceptors (Lipinski definition) is 8. The molecule has 0 saturated heterocycles. The summed E-state index contributed by atoms with van der Waals surface area (Å²) in [4.78, 5) is 23.3. The van der Waals surface area contributed by atoms with E-state index in [0.717, 1.165) is 19.3 Å². The van der Waals surface area contributed by atoms with Gasteiger partial charge in [0.05, 0.1) is 6.61 Å². The van der Waals surface area contributed by atoms with E-state index < -0.39 is 43.0 Å². The second-order valence-corrected chi connectivity index (χ2v) is 8.67. The number of esters is 2. The van der Waals surface area contributed by atoms with Gasteiger partial charge in [-0.15, -0.1) is 0 Å². The third kappa shape index (κ3) is 15.7. The van der Waals surface area contributed by atoms with Crippen molar-refractivity contribution in [3.8, 4) is 0 Å². The average Bonchev–Trinajstić information content (AvgIpc) is 2.79. The maximum absolute atomic E-state index is 11.7. The number of ether oxygens (including phenoxy) is 1. The molecule has 5 N–H and O–H groups in total. The maximum Gasteiger partial charge on any atom is 0.345 e. The fourth-order valence-electron chi connectivity index (χ4n) is 3.53. The Hall–Kier alpha value is -1.06. The van der Waals surface area contributed by atoms with E-state index in [9.17, 15) is 30.0 Å². The molecule has 32 heavy (non-hydrogen) atoms. The second kappa shape index (κ2) is 20.5. The molecule has 0 aliphatic heterocycles. The van der Waals surface area contributed by atoms with Crippen molar-refractivity contribution in [3.05, 3.63) is 0 Å². The van der Waals surface area contributed by atoms with Crippen LogP contribution in [0.1, 0.15) is 110 Å². The Morgan fingerprint density at radius 2 is 1.06 bits per heavy atom. The van der Waals surface area contributed by atoms with Crippen LogP contribution in [0.4, 0.5) is 0 Å². The van der Waals surface area contributed by atoms with E-state index in [-0.39, 0.29) is 6.42 Å². The van der Waals surface area contributed by atoms with Crippen molar-refractivity contribution in [2.24, 2.45) is 0 Å². The Morgan fingerprint density at radius 3 is 1.47 bits per heavy atom. The number of aliphatic hydroxyl groups is 5. The number of aliphatic hydroxyl groups excluding tert-OH is 5. The maximum atomic E-state index is 11.7. The van der Waals surface area contributed by atoms with Gasteiger partial charge in [-0.3, -0.25) is 4.79 Å². The number of unbranched alkanes of at least 4 members (excludes halogenated alkanes) is 14. The number of hydrogen-bond donors (Lipinski definition) is 5. The van der Waals surface area contributed by atoms with Gasteiger partial charge in [0.15, 0.2) is 6.10 Å². The van der Waals surface area contributed by atoms with Gasteiger partial charge in [0.25, 0.3) is 0 Å². The second-order valence-electron chi connectivity index (χ2n) is 8.67. The number of rotatable bonds is 21. The normalized spacial score (nSPS) is 15.2. The van der Waals surface area contributed by atoms with E-state index in [1.807, 2.05) is 0 Å². The molecule has 0 aromatic rings. The van der Waals surface area contributed by atoms with Crippen molar-refractivity contribution in [2.75, 3.05) is 6.61 Å². The lowest BCUT2D eigenvalue weighted by Gasteiger charge is -2.24. The van der Waals surface area contributed by atoms with Gasteiger partial charge in [-0.1, -0.05) is 96.8 Å². The van der Waals surface area contributed by atoms with Crippen molar-refractivity contribution < 1.29 is 39.9 Å². The molecule has 0 aromatic heterocycles. The summed E-state index contributed by atoms with van der Waals surface area (Å²) in [5.41, 5.74) is 0. The van der Waals surface area contributed by atoms with Gasteiger partial charge in [0, 0.05) is 6.42 Å². The molecule has 0 aliphatic rings. The van der Waals surface area contributed by atoms with Crippen LogP contribution in [0.3, 0.4) is 0 Å². The molecule has 190 valence electrons. The summed E-state index contributed by atoms with van der Waals surface area (Å²) in [7, 11) is 0. The first-order valence-electron chi connectivity index (χ1n) is 12.4. The summed E-state index contributed by atoms with van der Waals surface area (Å²) >= 11 is 0. The Labute approximate surface area is 193 Å². The molecule has 4 atom stereocenters. The monoisotopic (exact) mass is 462 g/mol. The van der Waals surface area contributed by atoms with E-state index in [0.29, 0.717) is 6.42 Å². The Bertz CT molecular complexity index is 471. The summed E-state index contributed by atoms with van der Waals surface area (Å²) in [6.07, 6.45) is 10.0. The molecule has 0 saturated carbocycles. The van der Waals surface area contributed by atoms with Crippen LogP contribution in [-0.2, 0) is 14.3 Å². The molecular weight excluding hydrogens is 416 g/mol. The first kappa shape index (κ1) is 30.9. The first-order valence-corrected chi connectivity index (χ1v) is 12.4. The molecule has 0 unspecified atom stereocenters. The molecule has 0 radical (unpaired) electrons. The molecule has 0 fully saturated rings. The summed E-state index contributed by atoms with van der Waals surface area (Å²) in [6, 6.07) is 0. The van der Waals surface area contributed by atoms with Crippen molar-refractivity contribution in [3.63, 3.8) is 0 Å². The van der Waals surface area contributed by atoms with Gasteiger partial charge >= 0.3 is 11.9 Å². The summed E-state index contributed by atoms with van der Waals surface area (Å²) < 4.78 is 4.47. The fourth-order valence-corrected chi connectivity index (χ4v) is 3.53. The van der Waals surface area contributed by atoms with Gasteiger partial charge in [0.1, 0.15) is 18.3 Å². The lowest BCUT2D eigenvalue weighted by molar-refractivity contribution is -0.176. The molecule has 8 heteroatoms. The summed E-state index contributed by atoms with van der Waals surface area (Å²) in [6.45, 7) is 1.37. The minimum Gasteiger partial charge on any atom is -0.394 e. The predicted molar refractivity (Wildman–Crippen MR) is 122 cm³/mol. The van der Waals surface area contributed by atoms with Gasteiger partial charge in [0.2, 0.25) is 0 Å². The molecule has 0 rings (SSSR count). The van der Waals surface area contributed by atoms with E-state index in [4.69, 9.17) is 5.11 Å². The quantitative estimate of drug-likeness (QED) is 0.0995. The largest absolute Gasteiger partial charge is 0.394 e. The van der Waals surface area contributed by atoms with E-state index in [2.05, 4.69) is 11.7 Å². The highest BCUT2D eigenvalue weighted by molar-refractivity contribution is 5.88. The molecule has 0 aromatic carbocycles. The highest BCUT2D eigenvalue weighted by Crippen LogP contribution is 2.14. The molecule has 0 heterocycles. The Morgan fingerprint density at radius 1 is 0.656 bits per heavy atom. The van der Waals surface area contributed by atoms with Crippen LogP contribution < -0.4 is 0 Å². The lowest BCUT2D eigenvalue weighted by Crippen LogP contribution is -2.49. The van der Waals surface area contributed by atoms with Crippen LogP contribution in [0.2, 0.25) is 0 Å². The average molecular weight is 463 g/mol. The Kier molecular flexibility index (Phi) is 19.9. The molecular formula is C24H46O8. The minimum absolute atomic E-state index is 0.0225. The van der Waals surface area contributed by atoms with Gasteiger partial charge in [-0.25, -0.2) is 4.79 Å². The highest BCUT2D eigenvalue weighted by atomic mass is 16.6. The third-order valence-corrected chi connectivity index (χ3v) is 5.70. The first-order chi connectivity index (χ1) is 15.3. The van der Waals surface area contributed by atoms with E-state index in [1.54, 1.807) is 0 Å². The fraction of sp³-hybridized carbons (Fsp3) is 0.917. The lowest BCUT2D eigenvalue weighted by atomic mass is 10.0. The van der Waals surface area contributed by atoms with Crippen molar-refractivity contribution in [1.29, 1.82) is 0 Å². The van der Waals surface area contributed by atoms with Crippen LogP contribution in [0.15, 0.2) is 0 Å². The van der Waals surface area contributed by atoms with Crippen molar-refractivity contribution >= 4 is 11.9 Å². The number of carbonyl (C=O) groups excluding carboxylic acids is 2. The summed E-state index contributed by atoms with van der Waals surface area (Å²) in [5.74, 6) is -2.21. The minimum atomic E-state index is -2.20. The molecule has 0 bridgehead atoms. The van der Waals surface area contributed by atoms with Crippen molar-refractivity contribution in [1.82, 2.24) is 0 Å². The van der Waals surface area contributed by atoms with Gasteiger partial charge in [-0.2, -0.15) is 0 Å². The molecule has 8 nitrogen and oxygen atoms in total. The third-order valence-electron chi connectivity index (χ3n) is 5.70. The van der Waals surface area contributed by atoms with Crippen LogP contribution in [0.5, 0.6) is 0 Å². The van der Waals surface area contributed by atoms with Gasteiger partial charge < -0.3 is 30.3 Å². The molecule has 0 aliphatic carbocycles. The Balaban J connectivity index is 3.62. The van der Waals surface area contributed by atoms with Crippen molar-refractivity contribution in [2.45, 2.75) is 134 Å². The zero-order valence-electron chi connectivity index (χ0n) is 19.8. The zero-order valence-corrected chi connectivity index (χ0v) is 19.8. The van der Waals surface area contributed by atoms with Crippen LogP contribution in [0, 0.1) is 0 Å². The standard InChI is InChI=1S/C24H46O8/c1-2-3-4-5-6-7-8-9-10-11-12-13-14-15-16-17-20(27)32-24(31)23(30)22(29)21(28)19(26)18-25/h19,21-23,25-26,28-30H,2-18H2,1H3/t19-,21-,22+,23-/m1/s1. The topological polar surface area (TPSA) is 145 Å². The smallest absolute Gasteiger partial charge is 0.345 e. The van der Waals surface area contributed by atoms with E-state index in [1.165, 1.54) is 70.6 Å². The van der Waals surface area contributed by atoms with Crippen LogP contribution in [-0.4, -0.2) is 68.5 Å².